The summed E-state index contributed by atoms with van der Waals surface area (Å²) in [4.78, 5) is 0. The highest BCUT2D eigenvalue weighted by atomic mass is 19.4. The second-order valence-electron chi connectivity index (χ2n) is 7.67. The molecule has 4 aromatic rings. The van der Waals surface area contributed by atoms with Crippen molar-refractivity contribution in [3.05, 3.63) is 82.9 Å². The zero-order valence-electron chi connectivity index (χ0n) is 16.9. The molecular formula is C25H17F7. The van der Waals surface area contributed by atoms with Crippen molar-refractivity contribution in [1.82, 2.24) is 0 Å². The van der Waals surface area contributed by atoms with Crippen LogP contribution in [0.25, 0.3) is 32.7 Å². The van der Waals surface area contributed by atoms with E-state index in [1.54, 1.807) is 12.1 Å². The highest BCUT2D eigenvalue weighted by Crippen LogP contribution is 2.38. The van der Waals surface area contributed by atoms with Crippen molar-refractivity contribution in [2.75, 3.05) is 0 Å². The van der Waals surface area contributed by atoms with Crippen LogP contribution in [0.1, 0.15) is 30.9 Å². The van der Waals surface area contributed by atoms with E-state index in [0.29, 0.717) is 34.9 Å². The van der Waals surface area contributed by atoms with E-state index in [1.165, 1.54) is 18.2 Å². The van der Waals surface area contributed by atoms with Gasteiger partial charge >= 0.3 is 6.18 Å². The molecule has 0 radical (unpaired) electrons. The van der Waals surface area contributed by atoms with Crippen molar-refractivity contribution in [3.63, 3.8) is 0 Å². The first-order valence-corrected chi connectivity index (χ1v) is 10.0. The summed E-state index contributed by atoms with van der Waals surface area (Å²) in [6.07, 6.45) is -2.97. The van der Waals surface area contributed by atoms with E-state index >= 15 is 0 Å². The van der Waals surface area contributed by atoms with Gasteiger partial charge in [-0.25, -0.2) is 17.6 Å². The van der Waals surface area contributed by atoms with Gasteiger partial charge in [-0.05, 0) is 64.6 Å². The maximum absolute atomic E-state index is 14.9. The van der Waals surface area contributed by atoms with Gasteiger partial charge in [0.2, 0.25) is 0 Å². The van der Waals surface area contributed by atoms with Crippen LogP contribution >= 0.6 is 0 Å². The molecule has 0 saturated heterocycles. The normalized spacial score (nSPS) is 12.1. The maximum Gasteiger partial charge on any atom is 0.422 e. The van der Waals surface area contributed by atoms with Gasteiger partial charge in [-0.1, -0.05) is 37.6 Å². The lowest BCUT2D eigenvalue weighted by Gasteiger charge is -2.13. The molecule has 0 saturated carbocycles. The molecular weight excluding hydrogens is 433 g/mol. The molecule has 0 aromatic heterocycles. The summed E-state index contributed by atoms with van der Waals surface area (Å²) in [5, 5.41) is 1.05. The van der Waals surface area contributed by atoms with E-state index in [2.05, 4.69) is 0 Å². The van der Waals surface area contributed by atoms with Gasteiger partial charge in [0.25, 0.3) is 0 Å². The Labute approximate surface area is 179 Å². The Hall–Kier alpha value is -3.09. The molecule has 0 fully saturated rings. The van der Waals surface area contributed by atoms with Crippen molar-refractivity contribution >= 4 is 21.5 Å². The van der Waals surface area contributed by atoms with Crippen LogP contribution < -0.4 is 0 Å². The van der Waals surface area contributed by atoms with Crippen LogP contribution in [0.4, 0.5) is 30.7 Å². The van der Waals surface area contributed by atoms with Crippen molar-refractivity contribution in [3.8, 4) is 11.1 Å². The molecule has 0 amide bonds. The lowest BCUT2D eigenvalue weighted by Crippen LogP contribution is -2.11. The van der Waals surface area contributed by atoms with E-state index in [4.69, 9.17) is 0 Å². The topological polar surface area (TPSA) is 0 Å². The van der Waals surface area contributed by atoms with Crippen molar-refractivity contribution < 1.29 is 30.7 Å². The molecule has 0 aliphatic heterocycles. The van der Waals surface area contributed by atoms with Crippen molar-refractivity contribution in [2.45, 2.75) is 32.4 Å². The number of hydrogen-bond acceptors (Lipinski definition) is 0. The number of hydrogen-bond donors (Lipinski definition) is 0. The Bertz CT molecular complexity index is 1310. The molecule has 4 aromatic carbocycles. The summed E-state index contributed by atoms with van der Waals surface area (Å²) in [5.74, 6) is -4.75. The monoisotopic (exact) mass is 450 g/mol. The standard InChI is InChI=1S/C25H17F7/c1-2-3-4-13-5-7-17-16-8-6-14(9-18(16)20(26)12-19(17)24(13)29)15-10-21(27)23(22(28)11-15)25(30,31)32/h5-12H,2-4H2,1H3. The minimum Gasteiger partial charge on any atom is -0.206 e. The quantitative estimate of drug-likeness (QED) is 0.216. The highest BCUT2D eigenvalue weighted by Gasteiger charge is 2.38. The molecule has 0 N–H and O–H groups in total. The minimum absolute atomic E-state index is 0.0661. The molecule has 7 heteroatoms. The summed E-state index contributed by atoms with van der Waals surface area (Å²) in [5.41, 5.74) is -1.53. The van der Waals surface area contributed by atoms with E-state index < -0.39 is 35.0 Å². The molecule has 0 unspecified atom stereocenters. The third-order valence-corrected chi connectivity index (χ3v) is 5.56. The average Bonchev–Trinajstić information content (AvgIpc) is 2.72. The van der Waals surface area contributed by atoms with Crippen LogP contribution in [0.5, 0.6) is 0 Å². The number of alkyl halides is 3. The maximum atomic E-state index is 14.9. The molecule has 4 rings (SSSR count). The number of benzene rings is 4. The SMILES string of the molecule is CCCCc1ccc2c(cc(F)c3cc(-c4cc(F)c(C(F)(F)F)c(F)c4)ccc32)c1F. The number of fused-ring (bicyclic) bond motifs is 3. The zero-order chi connectivity index (χ0) is 23.2. The Morgan fingerprint density at radius 1 is 0.656 bits per heavy atom. The van der Waals surface area contributed by atoms with Gasteiger partial charge in [-0.15, -0.1) is 0 Å². The predicted octanol–water partition coefficient (Wildman–Crippen LogP) is 8.58. The van der Waals surface area contributed by atoms with Crippen molar-refractivity contribution in [2.24, 2.45) is 0 Å². The number of halogens is 7. The Kier molecular flexibility index (Phi) is 5.61. The molecule has 0 aliphatic rings. The van der Waals surface area contributed by atoms with Gasteiger partial charge in [0.05, 0.1) is 0 Å². The molecule has 0 bridgehead atoms. The summed E-state index contributed by atoms with van der Waals surface area (Å²) in [6.45, 7) is 1.98. The fourth-order valence-corrected chi connectivity index (χ4v) is 3.95. The van der Waals surface area contributed by atoms with Gasteiger partial charge in [0.15, 0.2) is 0 Å². The molecule has 0 atom stereocenters. The van der Waals surface area contributed by atoms with Gasteiger partial charge in [0.1, 0.15) is 28.8 Å². The molecule has 0 aliphatic carbocycles. The lowest BCUT2D eigenvalue weighted by atomic mass is 9.94. The predicted molar refractivity (Wildman–Crippen MR) is 110 cm³/mol. The van der Waals surface area contributed by atoms with Crippen LogP contribution in [-0.2, 0) is 12.6 Å². The van der Waals surface area contributed by atoms with Crippen LogP contribution in [0.3, 0.4) is 0 Å². The Balaban J connectivity index is 1.87. The van der Waals surface area contributed by atoms with E-state index in [0.717, 1.165) is 18.9 Å². The lowest BCUT2D eigenvalue weighted by molar-refractivity contribution is -0.142. The summed E-state index contributed by atoms with van der Waals surface area (Å²) >= 11 is 0. The van der Waals surface area contributed by atoms with Crippen LogP contribution in [0.2, 0.25) is 0 Å². The van der Waals surface area contributed by atoms with Crippen LogP contribution in [0, 0.1) is 23.3 Å². The number of aryl methyl sites for hydroxylation is 1. The fraction of sp³-hybridized carbons (Fsp3) is 0.200. The number of unbranched alkanes of at least 4 members (excludes halogenated alkanes) is 1. The highest BCUT2D eigenvalue weighted by molar-refractivity contribution is 6.09. The first kappa shape index (κ1) is 22.1. The molecule has 0 heterocycles. The van der Waals surface area contributed by atoms with Gasteiger partial charge in [-0.2, -0.15) is 13.2 Å². The van der Waals surface area contributed by atoms with Crippen LogP contribution in [-0.4, -0.2) is 0 Å². The zero-order valence-corrected chi connectivity index (χ0v) is 16.9. The number of rotatable bonds is 4. The van der Waals surface area contributed by atoms with Gasteiger partial charge in [-0.3, -0.25) is 0 Å². The van der Waals surface area contributed by atoms with E-state index in [-0.39, 0.29) is 21.9 Å². The summed E-state index contributed by atoms with van der Waals surface area (Å²) in [7, 11) is 0. The van der Waals surface area contributed by atoms with E-state index in [1.807, 2.05) is 6.92 Å². The Morgan fingerprint density at radius 2 is 1.28 bits per heavy atom. The Morgan fingerprint density at radius 3 is 1.91 bits per heavy atom. The molecule has 0 spiro atoms. The average molecular weight is 450 g/mol. The third kappa shape index (κ3) is 3.80. The second kappa shape index (κ2) is 8.11. The first-order chi connectivity index (χ1) is 15.1. The van der Waals surface area contributed by atoms with Crippen molar-refractivity contribution in [1.29, 1.82) is 0 Å². The van der Waals surface area contributed by atoms with Gasteiger partial charge in [0, 0.05) is 10.8 Å². The first-order valence-electron chi connectivity index (χ1n) is 10.0. The minimum atomic E-state index is -5.18. The fourth-order valence-electron chi connectivity index (χ4n) is 3.95. The molecule has 166 valence electrons. The summed E-state index contributed by atoms with van der Waals surface area (Å²) in [6, 6.07) is 9.70. The molecule has 0 nitrogen and oxygen atoms in total. The van der Waals surface area contributed by atoms with Gasteiger partial charge < -0.3 is 0 Å². The second-order valence-corrected chi connectivity index (χ2v) is 7.67. The smallest absolute Gasteiger partial charge is 0.206 e. The van der Waals surface area contributed by atoms with Crippen LogP contribution in [0.15, 0.2) is 48.5 Å². The summed E-state index contributed by atoms with van der Waals surface area (Å²) < 4.78 is 96.3. The largest absolute Gasteiger partial charge is 0.422 e. The van der Waals surface area contributed by atoms with E-state index in [9.17, 15) is 30.7 Å². The third-order valence-electron chi connectivity index (χ3n) is 5.56. The molecule has 32 heavy (non-hydrogen) atoms.